The zero-order valence-electron chi connectivity index (χ0n) is 14.5. The number of benzene rings is 1. The number of halogens is 1. The lowest BCUT2D eigenvalue weighted by Gasteiger charge is -2.33. The van der Waals surface area contributed by atoms with Gasteiger partial charge < -0.3 is 9.42 Å². The molecule has 1 fully saturated rings. The lowest BCUT2D eigenvalue weighted by molar-refractivity contribution is -0.127. The number of aromatic nitrogens is 1. The zero-order valence-corrected chi connectivity index (χ0v) is 14.5. The third-order valence-corrected chi connectivity index (χ3v) is 4.38. The predicted molar refractivity (Wildman–Crippen MR) is 93.1 cm³/mol. The Labute approximate surface area is 146 Å². The first kappa shape index (κ1) is 17.4. The summed E-state index contributed by atoms with van der Waals surface area (Å²) in [6.45, 7) is 7.45. The van der Waals surface area contributed by atoms with Crippen molar-refractivity contribution in [3.05, 3.63) is 59.2 Å². The Bertz CT molecular complexity index is 759. The van der Waals surface area contributed by atoms with Crippen molar-refractivity contribution in [2.45, 2.75) is 20.4 Å². The molecule has 2 heterocycles. The minimum atomic E-state index is -0.277. The first-order valence-electron chi connectivity index (χ1n) is 8.39. The number of hydrogen-bond donors (Lipinski definition) is 0. The fraction of sp³-hybridized carbons (Fsp3) is 0.368. The smallest absolute Gasteiger partial charge is 0.246 e. The molecule has 25 heavy (non-hydrogen) atoms. The molecule has 0 unspecified atom stereocenters. The molecule has 0 spiro atoms. The van der Waals surface area contributed by atoms with Gasteiger partial charge in [0.25, 0.3) is 0 Å². The Hall–Kier alpha value is -2.47. The molecule has 1 aliphatic rings. The molecule has 0 saturated carbocycles. The number of rotatable bonds is 4. The summed E-state index contributed by atoms with van der Waals surface area (Å²) < 4.78 is 18.2. The van der Waals surface area contributed by atoms with E-state index in [1.165, 1.54) is 12.1 Å². The van der Waals surface area contributed by atoms with Crippen LogP contribution in [-0.4, -0.2) is 47.0 Å². The van der Waals surface area contributed by atoms with E-state index in [-0.39, 0.29) is 11.7 Å². The van der Waals surface area contributed by atoms with E-state index in [1.54, 1.807) is 18.2 Å². The van der Waals surface area contributed by atoms with Gasteiger partial charge >= 0.3 is 0 Å². The Morgan fingerprint density at radius 3 is 2.52 bits per heavy atom. The third-order valence-electron chi connectivity index (χ3n) is 4.38. The molecule has 0 atom stereocenters. The number of nitrogens with zero attached hydrogens (tertiary/aromatic N) is 3. The van der Waals surface area contributed by atoms with Crippen LogP contribution in [0.2, 0.25) is 0 Å². The SMILES string of the molecule is CC(=CC(=O)N1CCN(Cc2cc(C)no2)CC1)c1ccc(F)cc1. The molecular formula is C19H22FN3O2. The average molecular weight is 343 g/mol. The number of piperazine rings is 1. The maximum atomic E-state index is 13.0. The highest BCUT2D eigenvalue weighted by Crippen LogP contribution is 2.16. The second kappa shape index (κ2) is 7.61. The van der Waals surface area contributed by atoms with Crippen LogP contribution in [0, 0.1) is 12.7 Å². The highest BCUT2D eigenvalue weighted by Gasteiger charge is 2.21. The molecule has 1 saturated heterocycles. The average Bonchev–Trinajstić information content (AvgIpc) is 3.01. The molecule has 6 heteroatoms. The lowest BCUT2D eigenvalue weighted by Crippen LogP contribution is -2.47. The van der Waals surface area contributed by atoms with Crippen LogP contribution < -0.4 is 0 Å². The summed E-state index contributed by atoms with van der Waals surface area (Å²) in [6, 6.07) is 8.12. The highest BCUT2D eigenvalue weighted by atomic mass is 19.1. The highest BCUT2D eigenvalue weighted by molar-refractivity contribution is 5.94. The van der Waals surface area contributed by atoms with Crippen LogP contribution in [0.1, 0.15) is 23.9 Å². The van der Waals surface area contributed by atoms with E-state index in [0.29, 0.717) is 19.6 Å². The molecular weight excluding hydrogens is 321 g/mol. The van der Waals surface area contributed by atoms with Crippen molar-refractivity contribution in [1.82, 2.24) is 15.0 Å². The van der Waals surface area contributed by atoms with Gasteiger partial charge in [-0.2, -0.15) is 0 Å². The van der Waals surface area contributed by atoms with E-state index in [1.807, 2.05) is 24.8 Å². The second-order valence-corrected chi connectivity index (χ2v) is 6.37. The van der Waals surface area contributed by atoms with Gasteiger partial charge in [-0.05, 0) is 37.1 Å². The Kier molecular flexibility index (Phi) is 5.28. The summed E-state index contributed by atoms with van der Waals surface area (Å²) in [6.07, 6.45) is 1.63. The molecule has 1 aromatic heterocycles. The molecule has 1 aromatic carbocycles. The summed E-state index contributed by atoms with van der Waals surface area (Å²) >= 11 is 0. The van der Waals surface area contributed by atoms with Gasteiger partial charge in [0.15, 0.2) is 5.76 Å². The maximum absolute atomic E-state index is 13.0. The van der Waals surface area contributed by atoms with Crippen molar-refractivity contribution in [1.29, 1.82) is 0 Å². The number of carbonyl (C=O) groups excluding carboxylic acids is 1. The molecule has 1 amide bonds. The van der Waals surface area contributed by atoms with E-state index in [9.17, 15) is 9.18 Å². The molecule has 0 bridgehead atoms. The van der Waals surface area contributed by atoms with Crippen molar-refractivity contribution in [3.63, 3.8) is 0 Å². The predicted octanol–water partition coefficient (Wildman–Crippen LogP) is 2.87. The number of amides is 1. The van der Waals surface area contributed by atoms with E-state index in [2.05, 4.69) is 10.1 Å². The summed E-state index contributed by atoms with van der Waals surface area (Å²) in [5.41, 5.74) is 2.57. The fourth-order valence-electron chi connectivity index (χ4n) is 2.91. The van der Waals surface area contributed by atoms with Gasteiger partial charge in [0, 0.05) is 38.3 Å². The minimum absolute atomic E-state index is 0.00279. The quantitative estimate of drug-likeness (QED) is 0.801. The van der Waals surface area contributed by atoms with Crippen molar-refractivity contribution >= 4 is 11.5 Å². The van der Waals surface area contributed by atoms with E-state index >= 15 is 0 Å². The molecule has 132 valence electrons. The van der Waals surface area contributed by atoms with Gasteiger partial charge in [-0.15, -0.1) is 0 Å². The summed E-state index contributed by atoms with van der Waals surface area (Å²) in [5, 5.41) is 3.89. The van der Waals surface area contributed by atoms with Crippen LogP contribution in [0.25, 0.3) is 5.57 Å². The number of hydrogen-bond acceptors (Lipinski definition) is 4. The van der Waals surface area contributed by atoms with Crippen molar-refractivity contribution < 1.29 is 13.7 Å². The minimum Gasteiger partial charge on any atom is -0.360 e. The van der Waals surface area contributed by atoms with Crippen molar-refractivity contribution in [2.24, 2.45) is 0 Å². The first-order chi connectivity index (χ1) is 12.0. The van der Waals surface area contributed by atoms with Gasteiger partial charge in [-0.1, -0.05) is 17.3 Å². The molecule has 5 nitrogen and oxygen atoms in total. The van der Waals surface area contributed by atoms with Crippen molar-refractivity contribution in [2.75, 3.05) is 26.2 Å². The summed E-state index contributed by atoms with van der Waals surface area (Å²) in [5.74, 6) is 0.572. The van der Waals surface area contributed by atoms with Crippen LogP contribution in [0.3, 0.4) is 0 Å². The summed E-state index contributed by atoms with van der Waals surface area (Å²) in [7, 11) is 0. The van der Waals surface area contributed by atoms with Gasteiger partial charge in [0.05, 0.1) is 12.2 Å². The van der Waals surface area contributed by atoms with E-state index in [4.69, 9.17) is 4.52 Å². The number of aryl methyl sites for hydroxylation is 1. The van der Waals surface area contributed by atoms with Crippen LogP contribution >= 0.6 is 0 Å². The number of carbonyl (C=O) groups is 1. The summed E-state index contributed by atoms with van der Waals surface area (Å²) in [4.78, 5) is 16.5. The van der Waals surface area contributed by atoms with Gasteiger partial charge in [0.1, 0.15) is 5.82 Å². The molecule has 2 aromatic rings. The third kappa shape index (κ3) is 4.54. The van der Waals surface area contributed by atoms with E-state index < -0.39 is 0 Å². The molecule has 0 radical (unpaired) electrons. The fourth-order valence-corrected chi connectivity index (χ4v) is 2.91. The molecule has 0 N–H and O–H groups in total. The second-order valence-electron chi connectivity index (χ2n) is 6.37. The molecule has 3 rings (SSSR count). The normalized spacial score (nSPS) is 16.3. The molecule has 1 aliphatic heterocycles. The lowest BCUT2D eigenvalue weighted by atomic mass is 10.1. The van der Waals surface area contributed by atoms with Gasteiger partial charge in [-0.25, -0.2) is 4.39 Å². The molecule has 0 aliphatic carbocycles. The number of allylic oxidation sites excluding steroid dienone is 1. The van der Waals surface area contributed by atoms with Gasteiger partial charge in [0.2, 0.25) is 5.91 Å². The Balaban J connectivity index is 1.54. The van der Waals surface area contributed by atoms with E-state index in [0.717, 1.165) is 35.7 Å². The zero-order chi connectivity index (χ0) is 17.8. The monoisotopic (exact) mass is 343 g/mol. The standard InChI is InChI=1S/C19H22FN3O2/c1-14(16-3-5-17(20)6-4-16)11-19(24)23-9-7-22(8-10-23)13-18-12-15(2)21-25-18/h3-6,11-12H,7-10,13H2,1-2H3. The van der Waals surface area contributed by atoms with Gasteiger partial charge in [-0.3, -0.25) is 9.69 Å². The first-order valence-corrected chi connectivity index (χ1v) is 8.39. The Morgan fingerprint density at radius 1 is 1.24 bits per heavy atom. The van der Waals surface area contributed by atoms with Crippen LogP contribution in [-0.2, 0) is 11.3 Å². The topological polar surface area (TPSA) is 49.6 Å². The Morgan fingerprint density at radius 2 is 1.92 bits per heavy atom. The van der Waals surface area contributed by atoms with Crippen LogP contribution in [0.4, 0.5) is 4.39 Å². The van der Waals surface area contributed by atoms with Crippen molar-refractivity contribution in [3.8, 4) is 0 Å². The maximum Gasteiger partial charge on any atom is 0.246 e. The van der Waals surface area contributed by atoms with Crippen LogP contribution in [0.5, 0.6) is 0 Å². The largest absolute Gasteiger partial charge is 0.360 e. The van der Waals surface area contributed by atoms with Crippen LogP contribution in [0.15, 0.2) is 40.9 Å².